The molecule has 2 aromatic carbocycles. The average Bonchev–Trinajstić information content (AvgIpc) is 3.19. The number of hydrogen-bond acceptors (Lipinski definition) is 4. The van der Waals surface area contributed by atoms with Crippen molar-refractivity contribution in [3.8, 4) is 17.2 Å². The van der Waals surface area contributed by atoms with Crippen LogP contribution in [0.15, 0.2) is 48.6 Å². The zero-order chi connectivity index (χ0) is 20.8. The number of nitrogens with zero attached hydrogens (tertiary/aromatic N) is 1. The van der Waals surface area contributed by atoms with Gasteiger partial charge in [0.2, 0.25) is 0 Å². The van der Waals surface area contributed by atoms with Gasteiger partial charge in [0.25, 0.3) is 5.91 Å². The summed E-state index contributed by atoms with van der Waals surface area (Å²) >= 11 is 0. The van der Waals surface area contributed by atoms with E-state index >= 15 is 0 Å². The van der Waals surface area contributed by atoms with E-state index in [0.717, 1.165) is 19.3 Å². The molecule has 5 nitrogen and oxygen atoms in total. The molecular formula is C23H28ClFN2O3. The Labute approximate surface area is 183 Å². The fourth-order valence-corrected chi connectivity index (χ4v) is 3.45. The number of unbranched alkanes of at least 4 members (excludes halogenated alkanes) is 1. The van der Waals surface area contributed by atoms with Crippen LogP contribution in [0.2, 0.25) is 0 Å². The standard InChI is InChI=1S/C23H27FN2O3.ClH/c1-3-4-6-19-7-5-10-26(19)23(27)17-8-9-21(28-2)22(13-17)29-20-12-16(15-25)11-18(24)14-20;/h5,7-9,11-14,19H,3-4,6,10,15,25H2,1-2H3;1H. The third-order valence-corrected chi connectivity index (χ3v) is 4.98. The molecule has 0 saturated carbocycles. The lowest BCUT2D eigenvalue weighted by atomic mass is 10.1. The van der Waals surface area contributed by atoms with E-state index in [4.69, 9.17) is 15.2 Å². The molecule has 1 aliphatic rings. The molecule has 1 atom stereocenters. The molecule has 0 spiro atoms. The summed E-state index contributed by atoms with van der Waals surface area (Å²) in [5.74, 6) is 0.616. The Hall–Kier alpha value is -2.57. The first-order valence-corrected chi connectivity index (χ1v) is 9.88. The van der Waals surface area contributed by atoms with Crippen molar-refractivity contribution >= 4 is 18.3 Å². The fraction of sp³-hybridized carbons (Fsp3) is 0.348. The van der Waals surface area contributed by atoms with Crippen LogP contribution in [-0.2, 0) is 6.54 Å². The predicted molar refractivity (Wildman–Crippen MR) is 118 cm³/mol. The number of rotatable bonds is 8. The summed E-state index contributed by atoms with van der Waals surface area (Å²) in [7, 11) is 1.52. The summed E-state index contributed by atoms with van der Waals surface area (Å²) in [4.78, 5) is 14.9. The van der Waals surface area contributed by atoms with Gasteiger partial charge in [0.05, 0.1) is 13.2 Å². The Bertz CT molecular complexity index is 904. The maximum atomic E-state index is 13.8. The molecular weight excluding hydrogens is 407 g/mol. The number of carbonyl (C=O) groups is 1. The summed E-state index contributed by atoms with van der Waals surface area (Å²) in [6.45, 7) is 2.94. The monoisotopic (exact) mass is 434 g/mol. The first-order chi connectivity index (χ1) is 14.0. The molecule has 0 saturated heterocycles. The first kappa shape index (κ1) is 23.7. The highest BCUT2D eigenvalue weighted by Crippen LogP contribution is 2.34. The van der Waals surface area contributed by atoms with Crippen molar-refractivity contribution < 1.29 is 18.7 Å². The van der Waals surface area contributed by atoms with Crippen LogP contribution in [0.3, 0.4) is 0 Å². The molecule has 1 amide bonds. The molecule has 0 fully saturated rings. The largest absolute Gasteiger partial charge is 0.493 e. The maximum Gasteiger partial charge on any atom is 0.254 e. The first-order valence-electron chi connectivity index (χ1n) is 9.88. The molecule has 30 heavy (non-hydrogen) atoms. The zero-order valence-electron chi connectivity index (χ0n) is 17.3. The number of methoxy groups -OCH3 is 1. The van der Waals surface area contributed by atoms with Crippen LogP contribution in [0.25, 0.3) is 0 Å². The smallest absolute Gasteiger partial charge is 0.254 e. The number of halogens is 2. The number of benzene rings is 2. The van der Waals surface area contributed by atoms with Crippen molar-refractivity contribution in [3.05, 3.63) is 65.5 Å². The van der Waals surface area contributed by atoms with E-state index in [1.165, 1.54) is 19.2 Å². The molecule has 0 aromatic heterocycles. The van der Waals surface area contributed by atoms with E-state index in [2.05, 4.69) is 13.0 Å². The Kier molecular flexibility index (Phi) is 8.69. The molecule has 1 aliphatic heterocycles. The van der Waals surface area contributed by atoms with E-state index < -0.39 is 5.82 Å². The minimum atomic E-state index is -0.434. The second-order valence-electron chi connectivity index (χ2n) is 7.06. The van der Waals surface area contributed by atoms with Gasteiger partial charge in [0.1, 0.15) is 11.6 Å². The van der Waals surface area contributed by atoms with Crippen LogP contribution in [0.5, 0.6) is 17.2 Å². The van der Waals surface area contributed by atoms with E-state index in [9.17, 15) is 9.18 Å². The van der Waals surface area contributed by atoms with E-state index in [1.807, 2.05) is 11.0 Å². The van der Waals surface area contributed by atoms with Crippen molar-refractivity contribution in [2.45, 2.75) is 38.8 Å². The fourth-order valence-electron chi connectivity index (χ4n) is 3.45. The Morgan fingerprint density at radius 3 is 2.73 bits per heavy atom. The van der Waals surface area contributed by atoms with Crippen LogP contribution in [0.1, 0.15) is 42.1 Å². The third kappa shape index (κ3) is 5.52. The van der Waals surface area contributed by atoms with Gasteiger partial charge in [0, 0.05) is 24.7 Å². The SMILES string of the molecule is CCCCC1C=CCN1C(=O)c1ccc(OC)c(Oc2cc(F)cc(CN)c2)c1.Cl. The van der Waals surface area contributed by atoms with Gasteiger partial charge in [-0.2, -0.15) is 0 Å². The number of amides is 1. The van der Waals surface area contributed by atoms with Gasteiger partial charge in [-0.3, -0.25) is 4.79 Å². The third-order valence-electron chi connectivity index (χ3n) is 4.98. The van der Waals surface area contributed by atoms with Gasteiger partial charge in [-0.05, 0) is 42.3 Å². The normalized spacial score (nSPS) is 15.1. The van der Waals surface area contributed by atoms with Crippen LogP contribution < -0.4 is 15.2 Å². The maximum absolute atomic E-state index is 13.8. The quantitative estimate of drug-likeness (QED) is 0.588. The second-order valence-corrected chi connectivity index (χ2v) is 7.06. The molecule has 1 heterocycles. The molecule has 162 valence electrons. The Morgan fingerprint density at radius 2 is 2.03 bits per heavy atom. The van der Waals surface area contributed by atoms with Crippen LogP contribution >= 0.6 is 12.4 Å². The van der Waals surface area contributed by atoms with Gasteiger partial charge in [-0.15, -0.1) is 12.4 Å². The molecule has 0 aliphatic carbocycles. The minimum absolute atomic E-state index is 0. The number of nitrogens with two attached hydrogens (primary N) is 1. The van der Waals surface area contributed by atoms with E-state index in [1.54, 1.807) is 24.3 Å². The molecule has 2 N–H and O–H groups in total. The van der Waals surface area contributed by atoms with Crippen molar-refractivity contribution in [3.63, 3.8) is 0 Å². The Balaban J connectivity index is 0.00000320. The van der Waals surface area contributed by atoms with Crippen molar-refractivity contribution in [2.24, 2.45) is 5.73 Å². The van der Waals surface area contributed by atoms with E-state index in [0.29, 0.717) is 34.9 Å². The van der Waals surface area contributed by atoms with E-state index in [-0.39, 0.29) is 30.9 Å². The molecule has 0 bridgehead atoms. The van der Waals surface area contributed by atoms with Crippen LogP contribution in [-0.4, -0.2) is 30.5 Å². The summed E-state index contributed by atoms with van der Waals surface area (Å²) in [6, 6.07) is 9.48. The molecule has 0 radical (unpaired) electrons. The van der Waals surface area contributed by atoms with Crippen LogP contribution in [0, 0.1) is 5.82 Å². The lowest BCUT2D eigenvalue weighted by Gasteiger charge is -2.25. The lowest BCUT2D eigenvalue weighted by Crippen LogP contribution is -2.36. The summed E-state index contributed by atoms with van der Waals surface area (Å²) in [5.41, 5.74) is 6.74. The van der Waals surface area contributed by atoms with Crippen molar-refractivity contribution in [1.82, 2.24) is 4.90 Å². The summed E-state index contributed by atoms with van der Waals surface area (Å²) in [5, 5.41) is 0. The minimum Gasteiger partial charge on any atom is -0.493 e. The second kappa shape index (κ2) is 11.0. The lowest BCUT2D eigenvalue weighted by molar-refractivity contribution is 0.0743. The van der Waals surface area contributed by atoms with Gasteiger partial charge in [-0.1, -0.05) is 31.9 Å². The highest BCUT2D eigenvalue weighted by Gasteiger charge is 2.26. The van der Waals surface area contributed by atoms with Crippen LogP contribution in [0.4, 0.5) is 4.39 Å². The summed E-state index contributed by atoms with van der Waals surface area (Å²) in [6.07, 6.45) is 7.23. The van der Waals surface area contributed by atoms with Crippen molar-refractivity contribution in [1.29, 1.82) is 0 Å². The van der Waals surface area contributed by atoms with Crippen molar-refractivity contribution in [2.75, 3.05) is 13.7 Å². The Morgan fingerprint density at radius 1 is 1.23 bits per heavy atom. The van der Waals surface area contributed by atoms with Gasteiger partial charge in [0.15, 0.2) is 11.5 Å². The zero-order valence-corrected chi connectivity index (χ0v) is 18.1. The van der Waals surface area contributed by atoms with Gasteiger partial charge >= 0.3 is 0 Å². The number of ether oxygens (including phenoxy) is 2. The van der Waals surface area contributed by atoms with Gasteiger partial charge in [-0.25, -0.2) is 4.39 Å². The number of carbonyl (C=O) groups excluding carboxylic acids is 1. The highest BCUT2D eigenvalue weighted by atomic mass is 35.5. The predicted octanol–water partition coefficient (Wildman–Crippen LogP) is 5.08. The molecule has 1 unspecified atom stereocenters. The average molecular weight is 435 g/mol. The number of hydrogen-bond donors (Lipinski definition) is 1. The molecule has 2 aromatic rings. The summed E-state index contributed by atoms with van der Waals surface area (Å²) < 4.78 is 25.0. The molecule has 7 heteroatoms. The topological polar surface area (TPSA) is 64.8 Å². The van der Waals surface area contributed by atoms with Gasteiger partial charge < -0.3 is 20.1 Å². The molecule has 3 rings (SSSR count). The highest BCUT2D eigenvalue weighted by molar-refractivity contribution is 5.95.